The highest BCUT2D eigenvalue weighted by Crippen LogP contribution is 2.23. The Bertz CT molecular complexity index is 489. The van der Waals surface area contributed by atoms with Crippen LogP contribution in [-0.4, -0.2) is 51.4 Å². The average Bonchev–Trinajstić information content (AvgIpc) is 2.47. The third-order valence-electron chi connectivity index (χ3n) is 4.92. The van der Waals surface area contributed by atoms with Crippen molar-refractivity contribution in [2.75, 3.05) is 26.2 Å². The maximum atomic E-state index is 12.2. The van der Waals surface area contributed by atoms with E-state index in [4.69, 9.17) is 5.14 Å². The van der Waals surface area contributed by atoms with Gasteiger partial charge in [0.2, 0.25) is 5.91 Å². The number of nitrogens with zero attached hydrogens (tertiary/aromatic N) is 1. The van der Waals surface area contributed by atoms with Gasteiger partial charge in [0.15, 0.2) is 0 Å². The number of nitrogens with one attached hydrogen (secondary N) is 2. The van der Waals surface area contributed by atoms with E-state index >= 15 is 0 Å². The van der Waals surface area contributed by atoms with Gasteiger partial charge in [0.05, 0.1) is 6.54 Å². The number of likely N-dealkylation sites (tertiary alicyclic amines) is 1. The number of hydrogen-bond donors (Lipinski definition) is 3. The van der Waals surface area contributed by atoms with Crippen molar-refractivity contribution in [1.29, 1.82) is 0 Å². The van der Waals surface area contributed by atoms with Crippen LogP contribution in [0.3, 0.4) is 0 Å². The second-order valence-electron chi connectivity index (χ2n) is 7.16. The summed E-state index contributed by atoms with van der Waals surface area (Å²) in [6.07, 6.45) is 6.47. The van der Waals surface area contributed by atoms with E-state index in [1.54, 1.807) is 0 Å². The van der Waals surface area contributed by atoms with Gasteiger partial charge >= 0.3 is 0 Å². The van der Waals surface area contributed by atoms with Gasteiger partial charge in [-0.3, -0.25) is 9.69 Å². The van der Waals surface area contributed by atoms with Crippen molar-refractivity contribution in [3.05, 3.63) is 0 Å². The van der Waals surface area contributed by atoms with Crippen molar-refractivity contribution in [3.8, 4) is 0 Å². The zero-order valence-corrected chi connectivity index (χ0v) is 14.8. The van der Waals surface area contributed by atoms with Crippen LogP contribution in [0, 0.1) is 11.8 Å². The maximum absolute atomic E-state index is 12.2. The highest BCUT2D eigenvalue weighted by atomic mass is 32.2. The number of amides is 1. The summed E-state index contributed by atoms with van der Waals surface area (Å²) in [6, 6.07) is 0.323. The maximum Gasteiger partial charge on any atom is 0.274 e. The van der Waals surface area contributed by atoms with Gasteiger partial charge in [0.1, 0.15) is 0 Å². The molecule has 1 atom stereocenters. The van der Waals surface area contributed by atoms with Crippen molar-refractivity contribution < 1.29 is 13.2 Å². The molecule has 7 nitrogen and oxygen atoms in total. The zero-order valence-electron chi connectivity index (χ0n) is 14.0. The van der Waals surface area contributed by atoms with Crippen molar-refractivity contribution >= 4 is 16.1 Å². The van der Waals surface area contributed by atoms with E-state index in [1.165, 1.54) is 12.8 Å². The van der Waals surface area contributed by atoms with Gasteiger partial charge in [-0.05, 0) is 56.9 Å². The summed E-state index contributed by atoms with van der Waals surface area (Å²) in [5.74, 6) is 1.08. The molecule has 1 saturated carbocycles. The van der Waals surface area contributed by atoms with Crippen LogP contribution in [0.25, 0.3) is 0 Å². The second-order valence-corrected chi connectivity index (χ2v) is 8.54. The van der Waals surface area contributed by atoms with E-state index in [9.17, 15) is 13.2 Å². The lowest BCUT2D eigenvalue weighted by atomic mass is 9.87. The largest absolute Gasteiger partial charge is 0.352 e. The van der Waals surface area contributed by atoms with Crippen LogP contribution in [0.4, 0.5) is 0 Å². The van der Waals surface area contributed by atoms with Crippen LogP contribution in [0.5, 0.6) is 0 Å². The highest BCUT2D eigenvalue weighted by molar-refractivity contribution is 7.87. The van der Waals surface area contributed by atoms with Crippen LogP contribution in [-0.2, 0) is 15.0 Å². The Morgan fingerprint density at radius 2 is 1.91 bits per heavy atom. The lowest BCUT2D eigenvalue weighted by Gasteiger charge is -2.33. The van der Waals surface area contributed by atoms with Crippen molar-refractivity contribution in [3.63, 3.8) is 0 Å². The molecule has 1 aliphatic carbocycles. The minimum atomic E-state index is -3.64. The SMILES string of the molecule is CC1CCC(NC(=O)CN2CCC[C@@H](CNS(N)(=O)=O)C2)CC1. The fraction of sp³-hybridized carbons (Fsp3) is 0.933. The molecule has 1 heterocycles. The third-order valence-corrected chi connectivity index (χ3v) is 5.49. The molecule has 2 fully saturated rings. The van der Waals surface area contributed by atoms with Crippen LogP contribution in [0.2, 0.25) is 0 Å². The quantitative estimate of drug-likeness (QED) is 0.638. The Balaban J connectivity index is 1.70. The van der Waals surface area contributed by atoms with Crippen LogP contribution in [0.15, 0.2) is 0 Å². The van der Waals surface area contributed by atoms with Gasteiger partial charge < -0.3 is 5.32 Å². The Morgan fingerprint density at radius 1 is 1.22 bits per heavy atom. The summed E-state index contributed by atoms with van der Waals surface area (Å²) in [7, 11) is -3.64. The molecule has 0 aromatic heterocycles. The molecule has 0 bridgehead atoms. The summed E-state index contributed by atoms with van der Waals surface area (Å²) < 4.78 is 24.3. The summed E-state index contributed by atoms with van der Waals surface area (Å²) in [5.41, 5.74) is 0. The first-order chi connectivity index (χ1) is 10.8. The fourth-order valence-corrected chi connectivity index (χ4v) is 4.04. The molecular weight excluding hydrogens is 316 g/mol. The number of nitrogens with two attached hydrogens (primary N) is 1. The number of rotatable bonds is 6. The smallest absolute Gasteiger partial charge is 0.274 e. The van der Waals surface area contributed by atoms with Gasteiger partial charge in [-0.2, -0.15) is 8.42 Å². The minimum Gasteiger partial charge on any atom is -0.352 e. The molecule has 0 aromatic rings. The first-order valence-electron chi connectivity index (χ1n) is 8.61. The monoisotopic (exact) mass is 346 g/mol. The number of carbonyl (C=O) groups excluding carboxylic acids is 1. The van der Waals surface area contributed by atoms with Gasteiger partial charge in [0, 0.05) is 19.1 Å². The Hall–Kier alpha value is -0.700. The van der Waals surface area contributed by atoms with E-state index in [0.29, 0.717) is 19.1 Å². The van der Waals surface area contributed by atoms with E-state index < -0.39 is 10.2 Å². The molecule has 2 rings (SSSR count). The normalized spacial score (nSPS) is 30.1. The molecule has 8 heteroatoms. The molecule has 4 N–H and O–H groups in total. The van der Waals surface area contributed by atoms with Gasteiger partial charge in [-0.25, -0.2) is 9.86 Å². The standard InChI is InChI=1S/C15H30N4O3S/c1-12-4-6-14(7-5-12)18-15(20)11-19-8-2-3-13(10-19)9-17-23(16,21)22/h12-14,17H,2-11H2,1H3,(H,18,20)(H2,16,21,22)/t12?,13-,14?/m0/s1. The number of piperidine rings is 1. The highest BCUT2D eigenvalue weighted by Gasteiger charge is 2.24. The predicted octanol–water partition coefficient (Wildman–Crippen LogP) is 0.186. The lowest BCUT2D eigenvalue weighted by molar-refractivity contribution is -0.123. The molecule has 1 aliphatic heterocycles. The van der Waals surface area contributed by atoms with Crippen molar-refractivity contribution in [2.24, 2.45) is 17.0 Å². The molecule has 134 valence electrons. The van der Waals surface area contributed by atoms with E-state index in [2.05, 4.69) is 21.9 Å². The Labute approximate surface area is 139 Å². The zero-order chi connectivity index (χ0) is 16.9. The predicted molar refractivity (Wildman–Crippen MR) is 89.8 cm³/mol. The van der Waals surface area contributed by atoms with Crippen LogP contribution in [0.1, 0.15) is 45.4 Å². The molecule has 1 amide bonds. The topological polar surface area (TPSA) is 105 Å². The fourth-order valence-electron chi connectivity index (χ4n) is 3.58. The van der Waals surface area contributed by atoms with Crippen LogP contribution < -0.4 is 15.2 Å². The van der Waals surface area contributed by atoms with Gasteiger partial charge in [-0.1, -0.05) is 6.92 Å². The van der Waals surface area contributed by atoms with E-state index in [1.807, 2.05) is 0 Å². The number of hydrogen-bond acceptors (Lipinski definition) is 4. The average molecular weight is 346 g/mol. The van der Waals surface area contributed by atoms with Crippen molar-refractivity contribution in [2.45, 2.75) is 51.5 Å². The van der Waals surface area contributed by atoms with E-state index in [0.717, 1.165) is 44.7 Å². The Kier molecular flexibility index (Phi) is 6.82. The number of carbonyl (C=O) groups is 1. The minimum absolute atomic E-state index is 0.0876. The van der Waals surface area contributed by atoms with Crippen molar-refractivity contribution in [1.82, 2.24) is 14.9 Å². The van der Waals surface area contributed by atoms with Gasteiger partial charge in [-0.15, -0.1) is 0 Å². The molecule has 2 aliphatic rings. The molecule has 0 radical (unpaired) electrons. The second kappa shape index (κ2) is 8.41. The summed E-state index contributed by atoms with van der Waals surface area (Å²) in [4.78, 5) is 14.3. The summed E-state index contributed by atoms with van der Waals surface area (Å²) in [6.45, 7) is 4.63. The first-order valence-corrected chi connectivity index (χ1v) is 10.2. The lowest BCUT2D eigenvalue weighted by Crippen LogP contribution is -2.47. The first kappa shape index (κ1) is 18.6. The van der Waals surface area contributed by atoms with Gasteiger partial charge in [0.25, 0.3) is 10.2 Å². The molecule has 1 saturated heterocycles. The summed E-state index contributed by atoms with van der Waals surface area (Å²) in [5, 5.41) is 8.11. The molecule has 23 heavy (non-hydrogen) atoms. The third kappa shape index (κ3) is 7.15. The molecule has 0 aromatic carbocycles. The molecule has 0 unspecified atom stereocenters. The molecular formula is C15H30N4O3S. The van der Waals surface area contributed by atoms with E-state index in [-0.39, 0.29) is 11.8 Å². The Morgan fingerprint density at radius 3 is 2.57 bits per heavy atom. The summed E-state index contributed by atoms with van der Waals surface area (Å²) >= 11 is 0. The molecule has 0 spiro atoms. The van der Waals surface area contributed by atoms with Crippen LogP contribution >= 0.6 is 0 Å².